The standard InChI is InChI=1S/C10H17N3/c1-8-3-4-9(7-12-8)10-11-5-6-13(10)2/h5-6,8-9,12H,3-4,7H2,1-2H3. The Labute approximate surface area is 79.2 Å². The molecule has 1 aromatic heterocycles. The number of hydrogen-bond donors (Lipinski definition) is 1. The molecule has 2 heterocycles. The summed E-state index contributed by atoms with van der Waals surface area (Å²) in [5.41, 5.74) is 0. The molecule has 1 aliphatic heterocycles. The minimum absolute atomic E-state index is 0.608. The molecule has 0 radical (unpaired) electrons. The molecule has 3 nitrogen and oxygen atoms in total. The van der Waals surface area contributed by atoms with Crippen molar-refractivity contribution < 1.29 is 0 Å². The van der Waals surface area contributed by atoms with Gasteiger partial charge in [0.15, 0.2) is 0 Å². The first-order chi connectivity index (χ1) is 6.27. The number of hydrogen-bond acceptors (Lipinski definition) is 2. The Hall–Kier alpha value is -0.830. The van der Waals surface area contributed by atoms with E-state index in [-0.39, 0.29) is 0 Å². The Bertz CT molecular complexity index is 271. The second-order valence-corrected chi connectivity index (χ2v) is 3.98. The fraction of sp³-hybridized carbons (Fsp3) is 0.700. The average Bonchev–Trinajstić information content (AvgIpc) is 2.53. The first-order valence-electron chi connectivity index (χ1n) is 4.98. The van der Waals surface area contributed by atoms with Crippen molar-refractivity contribution in [3.8, 4) is 0 Å². The first-order valence-corrected chi connectivity index (χ1v) is 4.98. The highest BCUT2D eigenvalue weighted by Gasteiger charge is 2.21. The van der Waals surface area contributed by atoms with Crippen LogP contribution in [-0.2, 0) is 7.05 Å². The lowest BCUT2D eigenvalue weighted by atomic mass is 9.95. The van der Waals surface area contributed by atoms with Crippen LogP contribution < -0.4 is 5.32 Å². The summed E-state index contributed by atoms with van der Waals surface area (Å²) in [5, 5.41) is 3.49. The smallest absolute Gasteiger partial charge is 0.112 e. The summed E-state index contributed by atoms with van der Waals surface area (Å²) in [6.45, 7) is 3.32. The summed E-state index contributed by atoms with van der Waals surface area (Å²) in [6.07, 6.45) is 6.43. The minimum Gasteiger partial charge on any atom is -0.338 e. The number of aryl methyl sites for hydroxylation is 1. The molecule has 2 unspecified atom stereocenters. The summed E-state index contributed by atoms with van der Waals surface area (Å²) in [4.78, 5) is 4.39. The molecule has 0 saturated carbocycles. The van der Waals surface area contributed by atoms with Gasteiger partial charge >= 0.3 is 0 Å². The van der Waals surface area contributed by atoms with Gasteiger partial charge in [0.2, 0.25) is 0 Å². The Balaban J connectivity index is 2.06. The quantitative estimate of drug-likeness (QED) is 0.703. The van der Waals surface area contributed by atoms with Crippen LogP contribution in [0.1, 0.15) is 31.5 Å². The maximum Gasteiger partial charge on any atom is 0.112 e. The summed E-state index contributed by atoms with van der Waals surface area (Å²) in [6, 6.07) is 0.677. The molecule has 72 valence electrons. The summed E-state index contributed by atoms with van der Waals surface area (Å²) >= 11 is 0. The molecule has 3 heteroatoms. The lowest BCUT2D eigenvalue weighted by Gasteiger charge is -2.27. The monoisotopic (exact) mass is 179 g/mol. The molecule has 1 N–H and O–H groups in total. The van der Waals surface area contributed by atoms with Gasteiger partial charge in [0, 0.05) is 37.9 Å². The SMILES string of the molecule is CC1CCC(c2nccn2C)CN1. The number of rotatable bonds is 1. The van der Waals surface area contributed by atoms with Gasteiger partial charge in [-0.15, -0.1) is 0 Å². The zero-order valence-corrected chi connectivity index (χ0v) is 8.33. The Morgan fingerprint density at radius 2 is 2.38 bits per heavy atom. The van der Waals surface area contributed by atoms with Crippen LogP contribution in [0.5, 0.6) is 0 Å². The minimum atomic E-state index is 0.608. The van der Waals surface area contributed by atoms with E-state index >= 15 is 0 Å². The van der Waals surface area contributed by atoms with Crippen molar-refractivity contribution >= 4 is 0 Å². The predicted octanol–water partition coefficient (Wildman–Crippen LogP) is 1.28. The van der Waals surface area contributed by atoms with Crippen LogP contribution in [0.25, 0.3) is 0 Å². The number of imidazole rings is 1. The van der Waals surface area contributed by atoms with E-state index in [2.05, 4.69) is 28.8 Å². The van der Waals surface area contributed by atoms with Crippen molar-refractivity contribution in [1.82, 2.24) is 14.9 Å². The van der Waals surface area contributed by atoms with Crippen molar-refractivity contribution in [2.24, 2.45) is 7.05 Å². The highest BCUT2D eigenvalue weighted by Crippen LogP contribution is 2.23. The molecule has 2 atom stereocenters. The van der Waals surface area contributed by atoms with Crippen LogP contribution >= 0.6 is 0 Å². The van der Waals surface area contributed by atoms with Crippen LogP contribution in [-0.4, -0.2) is 22.1 Å². The van der Waals surface area contributed by atoms with Crippen LogP contribution in [0.15, 0.2) is 12.4 Å². The summed E-state index contributed by atoms with van der Waals surface area (Å²) in [7, 11) is 2.07. The Kier molecular flexibility index (Phi) is 2.36. The molecular formula is C10H17N3. The molecule has 0 spiro atoms. The predicted molar refractivity (Wildman–Crippen MR) is 52.6 cm³/mol. The number of piperidine rings is 1. The number of nitrogens with one attached hydrogen (secondary N) is 1. The van der Waals surface area contributed by atoms with Crippen molar-refractivity contribution in [2.45, 2.75) is 31.7 Å². The molecule has 1 fully saturated rings. The van der Waals surface area contributed by atoms with E-state index in [1.54, 1.807) is 0 Å². The first kappa shape index (κ1) is 8.75. The number of aromatic nitrogens is 2. The molecule has 1 aliphatic rings. The maximum absolute atomic E-state index is 4.39. The van der Waals surface area contributed by atoms with E-state index in [9.17, 15) is 0 Å². The van der Waals surface area contributed by atoms with E-state index < -0.39 is 0 Å². The molecule has 1 saturated heterocycles. The summed E-state index contributed by atoms with van der Waals surface area (Å²) in [5.74, 6) is 1.83. The van der Waals surface area contributed by atoms with Crippen molar-refractivity contribution in [2.75, 3.05) is 6.54 Å². The highest BCUT2D eigenvalue weighted by molar-refractivity contribution is 5.02. The molecule has 13 heavy (non-hydrogen) atoms. The van der Waals surface area contributed by atoms with Crippen LogP contribution in [0.2, 0.25) is 0 Å². The van der Waals surface area contributed by atoms with Gasteiger partial charge in [-0.1, -0.05) is 0 Å². The topological polar surface area (TPSA) is 29.9 Å². The Morgan fingerprint density at radius 1 is 1.54 bits per heavy atom. The molecule has 0 bridgehead atoms. The van der Waals surface area contributed by atoms with E-state index in [1.165, 1.54) is 18.7 Å². The van der Waals surface area contributed by atoms with Gasteiger partial charge in [0.1, 0.15) is 5.82 Å². The molecule has 2 rings (SSSR count). The third kappa shape index (κ3) is 1.75. The average molecular weight is 179 g/mol. The third-order valence-electron chi connectivity index (χ3n) is 2.88. The van der Waals surface area contributed by atoms with Gasteiger partial charge in [-0.05, 0) is 19.8 Å². The molecule has 1 aromatic rings. The van der Waals surface area contributed by atoms with Gasteiger partial charge in [-0.2, -0.15) is 0 Å². The normalized spacial score (nSPS) is 29.1. The fourth-order valence-electron chi connectivity index (χ4n) is 1.99. The lowest BCUT2D eigenvalue weighted by molar-refractivity contribution is 0.371. The van der Waals surface area contributed by atoms with Crippen LogP contribution in [0, 0.1) is 0 Å². The molecular weight excluding hydrogens is 162 g/mol. The Morgan fingerprint density at radius 3 is 2.92 bits per heavy atom. The highest BCUT2D eigenvalue weighted by atomic mass is 15.1. The third-order valence-corrected chi connectivity index (χ3v) is 2.88. The van der Waals surface area contributed by atoms with Gasteiger partial charge in [0.25, 0.3) is 0 Å². The molecule has 0 aliphatic carbocycles. The molecule has 0 aromatic carbocycles. The maximum atomic E-state index is 4.39. The second-order valence-electron chi connectivity index (χ2n) is 3.98. The summed E-state index contributed by atoms with van der Waals surface area (Å²) < 4.78 is 2.13. The van der Waals surface area contributed by atoms with Crippen molar-refractivity contribution in [3.05, 3.63) is 18.2 Å². The van der Waals surface area contributed by atoms with Crippen LogP contribution in [0.4, 0.5) is 0 Å². The van der Waals surface area contributed by atoms with Gasteiger partial charge in [-0.25, -0.2) is 4.98 Å². The van der Waals surface area contributed by atoms with E-state index in [1.807, 2.05) is 12.4 Å². The van der Waals surface area contributed by atoms with E-state index in [4.69, 9.17) is 0 Å². The van der Waals surface area contributed by atoms with E-state index in [0.717, 1.165) is 6.54 Å². The lowest BCUT2D eigenvalue weighted by Crippen LogP contribution is -2.36. The number of nitrogens with zero attached hydrogens (tertiary/aromatic N) is 2. The van der Waals surface area contributed by atoms with Crippen molar-refractivity contribution in [3.63, 3.8) is 0 Å². The van der Waals surface area contributed by atoms with Gasteiger partial charge in [0.05, 0.1) is 0 Å². The van der Waals surface area contributed by atoms with Gasteiger partial charge < -0.3 is 9.88 Å². The van der Waals surface area contributed by atoms with E-state index in [0.29, 0.717) is 12.0 Å². The zero-order chi connectivity index (χ0) is 9.26. The molecule has 0 amide bonds. The zero-order valence-electron chi connectivity index (χ0n) is 8.33. The fourth-order valence-corrected chi connectivity index (χ4v) is 1.99. The largest absolute Gasteiger partial charge is 0.338 e. The van der Waals surface area contributed by atoms with Crippen molar-refractivity contribution in [1.29, 1.82) is 0 Å². The second kappa shape index (κ2) is 3.50. The van der Waals surface area contributed by atoms with Gasteiger partial charge in [-0.3, -0.25) is 0 Å². The van der Waals surface area contributed by atoms with Crippen LogP contribution in [0.3, 0.4) is 0 Å².